The fourth-order valence-electron chi connectivity index (χ4n) is 6.45. The van der Waals surface area contributed by atoms with Gasteiger partial charge in [-0.05, 0) is 97.7 Å². The third kappa shape index (κ3) is 4.77. The minimum atomic E-state index is -0.417. The van der Waals surface area contributed by atoms with Crippen molar-refractivity contribution in [3.63, 3.8) is 0 Å². The van der Waals surface area contributed by atoms with E-state index in [9.17, 15) is 0 Å². The second-order valence-electron chi connectivity index (χ2n) is 12.0. The SMILES string of the molecule is COC(C)C(C)(C)OCc1ccc2c(-c3cccc4ccccc34)c3ccccc3c(-c3cccc4ccccc34)c2c1. The summed E-state index contributed by atoms with van der Waals surface area (Å²) in [5.41, 5.74) is 5.76. The van der Waals surface area contributed by atoms with Gasteiger partial charge in [0.1, 0.15) is 0 Å². The summed E-state index contributed by atoms with van der Waals surface area (Å²) in [6.45, 7) is 6.75. The van der Waals surface area contributed by atoms with Crippen LogP contribution in [0.2, 0.25) is 0 Å². The molecular weight excluding hydrogens is 524 g/mol. The number of hydrogen-bond donors (Lipinski definition) is 0. The Hall–Kier alpha value is -4.50. The van der Waals surface area contributed by atoms with E-state index in [-0.39, 0.29) is 6.10 Å². The maximum Gasteiger partial charge on any atom is 0.0888 e. The molecule has 0 aromatic heterocycles. The highest BCUT2D eigenvalue weighted by Gasteiger charge is 2.27. The molecule has 212 valence electrons. The molecule has 0 saturated carbocycles. The number of rotatable bonds is 7. The smallest absolute Gasteiger partial charge is 0.0888 e. The van der Waals surface area contributed by atoms with Gasteiger partial charge in [0.15, 0.2) is 0 Å². The van der Waals surface area contributed by atoms with Gasteiger partial charge in [-0.2, -0.15) is 0 Å². The summed E-state index contributed by atoms with van der Waals surface area (Å²) < 4.78 is 12.1. The van der Waals surface area contributed by atoms with Gasteiger partial charge in [-0.1, -0.05) is 121 Å². The molecule has 1 unspecified atom stereocenters. The first-order valence-corrected chi connectivity index (χ1v) is 15.1. The predicted octanol–water partition coefficient (Wildman–Crippen LogP) is 11.0. The fraction of sp³-hybridized carbons (Fsp3) is 0.171. The Morgan fingerprint density at radius 2 is 1.00 bits per heavy atom. The van der Waals surface area contributed by atoms with Gasteiger partial charge in [-0.25, -0.2) is 0 Å². The molecule has 0 N–H and O–H groups in total. The van der Waals surface area contributed by atoms with E-state index in [4.69, 9.17) is 9.47 Å². The van der Waals surface area contributed by atoms with Crippen LogP contribution in [-0.2, 0) is 16.1 Å². The molecule has 0 fully saturated rings. The summed E-state index contributed by atoms with van der Waals surface area (Å²) in [5, 5.41) is 9.99. The average Bonchev–Trinajstić information content (AvgIpc) is 3.05. The molecule has 2 heteroatoms. The molecule has 0 aliphatic rings. The molecule has 1 atom stereocenters. The van der Waals surface area contributed by atoms with Gasteiger partial charge in [-0.15, -0.1) is 0 Å². The Kier molecular flexibility index (Phi) is 6.97. The zero-order valence-electron chi connectivity index (χ0n) is 25.2. The van der Waals surface area contributed by atoms with Crippen LogP contribution in [0.5, 0.6) is 0 Å². The summed E-state index contributed by atoms with van der Waals surface area (Å²) in [7, 11) is 1.74. The number of benzene rings is 7. The molecule has 7 aromatic rings. The third-order valence-corrected chi connectivity index (χ3v) is 9.15. The van der Waals surface area contributed by atoms with E-state index in [2.05, 4.69) is 148 Å². The van der Waals surface area contributed by atoms with Crippen molar-refractivity contribution in [3.8, 4) is 22.3 Å². The van der Waals surface area contributed by atoms with Crippen molar-refractivity contribution in [2.75, 3.05) is 7.11 Å². The maximum atomic E-state index is 6.47. The molecular formula is C41H36O2. The lowest BCUT2D eigenvalue weighted by Crippen LogP contribution is -2.38. The van der Waals surface area contributed by atoms with E-state index in [0.29, 0.717) is 6.61 Å². The second-order valence-corrected chi connectivity index (χ2v) is 12.0. The average molecular weight is 561 g/mol. The Morgan fingerprint density at radius 1 is 0.535 bits per heavy atom. The van der Waals surface area contributed by atoms with Gasteiger partial charge < -0.3 is 9.47 Å². The van der Waals surface area contributed by atoms with E-state index in [0.717, 1.165) is 5.56 Å². The van der Waals surface area contributed by atoms with Gasteiger partial charge in [0, 0.05) is 7.11 Å². The van der Waals surface area contributed by atoms with Gasteiger partial charge in [0.25, 0.3) is 0 Å². The van der Waals surface area contributed by atoms with Gasteiger partial charge in [0.2, 0.25) is 0 Å². The first-order chi connectivity index (χ1) is 21.0. The predicted molar refractivity (Wildman–Crippen MR) is 183 cm³/mol. The zero-order valence-corrected chi connectivity index (χ0v) is 25.2. The molecule has 0 saturated heterocycles. The zero-order chi connectivity index (χ0) is 29.6. The first kappa shape index (κ1) is 27.3. The van der Waals surface area contributed by atoms with E-state index in [1.165, 1.54) is 65.3 Å². The molecule has 0 spiro atoms. The molecule has 7 aromatic carbocycles. The Bertz CT molecular complexity index is 2110. The molecule has 43 heavy (non-hydrogen) atoms. The summed E-state index contributed by atoms with van der Waals surface area (Å²) >= 11 is 0. The van der Waals surface area contributed by atoms with Crippen LogP contribution in [0.4, 0.5) is 0 Å². The highest BCUT2D eigenvalue weighted by molar-refractivity contribution is 6.25. The minimum Gasteiger partial charge on any atom is -0.379 e. The monoisotopic (exact) mass is 560 g/mol. The first-order valence-electron chi connectivity index (χ1n) is 15.1. The third-order valence-electron chi connectivity index (χ3n) is 9.15. The van der Waals surface area contributed by atoms with Crippen molar-refractivity contribution in [2.24, 2.45) is 0 Å². The van der Waals surface area contributed by atoms with E-state index >= 15 is 0 Å². The van der Waals surface area contributed by atoms with Crippen molar-refractivity contribution in [1.82, 2.24) is 0 Å². The molecule has 0 bridgehead atoms. The topological polar surface area (TPSA) is 18.5 Å². The minimum absolute atomic E-state index is 0.0268. The Labute approximate surface area is 253 Å². The molecule has 0 aliphatic carbocycles. The number of ether oxygens (including phenoxy) is 2. The summed E-state index contributed by atoms with van der Waals surface area (Å²) in [5.74, 6) is 0. The van der Waals surface area contributed by atoms with E-state index in [1.54, 1.807) is 7.11 Å². The van der Waals surface area contributed by atoms with E-state index < -0.39 is 5.60 Å². The lowest BCUT2D eigenvalue weighted by Gasteiger charge is -2.31. The molecule has 0 aliphatic heterocycles. The van der Waals surface area contributed by atoms with Crippen LogP contribution in [-0.4, -0.2) is 18.8 Å². The largest absolute Gasteiger partial charge is 0.379 e. The lowest BCUT2D eigenvalue weighted by atomic mass is 9.83. The molecule has 0 radical (unpaired) electrons. The van der Waals surface area contributed by atoms with Gasteiger partial charge in [0.05, 0.1) is 18.3 Å². The molecule has 0 amide bonds. The Balaban J connectivity index is 1.57. The normalized spacial score (nSPS) is 12.8. The van der Waals surface area contributed by atoms with Crippen molar-refractivity contribution in [3.05, 3.63) is 133 Å². The number of hydrogen-bond acceptors (Lipinski definition) is 2. The van der Waals surface area contributed by atoms with Crippen LogP contribution in [0.1, 0.15) is 26.3 Å². The van der Waals surface area contributed by atoms with Crippen molar-refractivity contribution in [2.45, 2.75) is 39.1 Å². The molecule has 7 rings (SSSR count). The van der Waals surface area contributed by atoms with Crippen LogP contribution in [0.3, 0.4) is 0 Å². The van der Waals surface area contributed by atoms with Crippen LogP contribution >= 0.6 is 0 Å². The van der Waals surface area contributed by atoms with Crippen LogP contribution in [0, 0.1) is 0 Å². The van der Waals surface area contributed by atoms with Crippen LogP contribution in [0.25, 0.3) is 65.3 Å². The van der Waals surface area contributed by atoms with Crippen molar-refractivity contribution < 1.29 is 9.47 Å². The summed E-state index contributed by atoms with van der Waals surface area (Å²) in [6, 6.07) is 46.5. The molecule has 2 nitrogen and oxygen atoms in total. The van der Waals surface area contributed by atoms with Crippen LogP contribution < -0.4 is 0 Å². The number of fused-ring (bicyclic) bond motifs is 4. The van der Waals surface area contributed by atoms with Crippen molar-refractivity contribution >= 4 is 43.1 Å². The van der Waals surface area contributed by atoms with Gasteiger partial charge >= 0.3 is 0 Å². The van der Waals surface area contributed by atoms with Crippen LogP contribution in [0.15, 0.2) is 127 Å². The quantitative estimate of drug-likeness (QED) is 0.181. The highest BCUT2D eigenvalue weighted by Crippen LogP contribution is 2.46. The lowest BCUT2D eigenvalue weighted by molar-refractivity contribution is -0.115. The standard InChI is InChI=1S/C41H36O2/c1-27(42-4)41(2,3)43-26-28-23-24-37-38(25-28)40(34-22-12-16-30-14-6-8-18-32(30)34)36-20-10-9-19-35(36)39(37)33-21-11-15-29-13-5-7-17-31(29)33/h5-25,27H,26H2,1-4H3. The molecule has 0 heterocycles. The van der Waals surface area contributed by atoms with Gasteiger partial charge in [-0.3, -0.25) is 0 Å². The summed E-state index contributed by atoms with van der Waals surface area (Å²) in [6.07, 6.45) is -0.0268. The van der Waals surface area contributed by atoms with E-state index in [1.807, 2.05) is 0 Å². The highest BCUT2D eigenvalue weighted by atomic mass is 16.5. The number of methoxy groups -OCH3 is 1. The van der Waals surface area contributed by atoms with Crippen molar-refractivity contribution in [1.29, 1.82) is 0 Å². The maximum absolute atomic E-state index is 6.47. The summed E-state index contributed by atoms with van der Waals surface area (Å²) in [4.78, 5) is 0. The fourth-order valence-corrected chi connectivity index (χ4v) is 6.45. The Morgan fingerprint density at radius 3 is 1.56 bits per heavy atom. The second kappa shape index (κ2) is 11.0.